The van der Waals surface area contributed by atoms with E-state index in [1.807, 2.05) is 12.2 Å². The quantitative estimate of drug-likeness (QED) is 0.623. The van der Waals surface area contributed by atoms with Crippen molar-refractivity contribution in [2.45, 2.75) is 6.92 Å². The first-order valence-electron chi connectivity index (χ1n) is 3.29. The fraction of sp³-hybridized carbons (Fsp3) is 0.500. The minimum absolute atomic E-state index is 0. The third kappa shape index (κ3) is 6.05. The third-order valence-corrected chi connectivity index (χ3v) is 1.22. The maximum atomic E-state index is 3.65. The monoisotopic (exact) mass is 205 g/mol. The Morgan fingerprint density at radius 1 is 1.20 bits per heavy atom. The van der Waals surface area contributed by atoms with E-state index < -0.39 is 0 Å². The van der Waals surface area contributed by atoms with E-state index in [-0.39, 0.29) is 17.0 Å². The summed E-state index contributed by atoms with van der Waals surface area (Å²) >= 11 is 0. The summed E-state index contributed by atoms with van der Waals surface area (Å²) in [6.45, 7) is 12.4. The molecule has 0 fully saturated rings. The Labute approximate surface area is 74.2 Å². The van der Waals surface area contributed by atoms with Crippen LogP contribution in [0.1, 0.15) is 6.92 Å². The highest BCUT2D eigenvalue weighted by Crippen LogP contribution is 1.86. The SMILES string of the molecule is Br.C=CCN(CC)CC=C. The Morgan fingerprint density at radius 3 is 1.80 bits per heavy atom. The number of halogens is 1. The van der Waals surface area contributed by atoms with E-state index in [1.54, 1.807) is 0 Å². The molecule has 2 heteroatoms. The van der Waals surface area contributed by atoms with Gasteiger partial charge in [-0.05, 0) is 6.54 Å². The zero-order valence-electron chi connectivity index (χ0n) is 6.55. The second kappa shape index (κ2) is 8.92. The molecule has 0 amide bonds. The number of nitrogens with zero attached hydrogens (tertiary/aromatic N) is 1. The minimum Gasteiger partial charge on any atom is -0.296 e. The molecule has 0 radical (unpaired) electrons. The van der Waals surface area contributed by atoms with E-state index in [0.717, 1.165) is 19.6 Å². The molecule has 0 N–H and O–H groups in total. The summed E-state index contributed by atoms with van der Waals surface area (Å²) in [6.07, 6.45) is 3.82. The van der Waals surface area contributed by atoms with Crippen molar-refractivity contribution in [1.29, 1.82) is 0 Å². The van der Waals surface area contributed by atoms with Gasteiger partial charge in [0.15, 0.2) is 0 Å². The van der Waals surface area contributed by atoms with E-state index in [4.69, 9.17) is 0 Å². The summed E-state index contributed by atoms with van der Waals surface area (Å²) in [5.74, 6) is 0. The maximum absolute atomic E-state index is 3.65. The standard InChI is InChI=1S/C8H15N.BrH/c1-4-7-9(6-3)8-5-2;/h4-5H,1-2,6-8H2,3H3;1H. The van der Waals surface area contributed by atoms with Crippen LogP contribution in [-0.2, 0) is 0 Å². The van der Waals surface area contributed by atoms with Crippen LogP contribution < -0.4 is 0 Å². The van der Waals surface area contributed by atoms with Crippen LogP contribution in [0, 0.1) is 0 Å². The number of hydrogen-bond donors (Lipinski definition) is 0. The topological polar surface area (TPSA) is 3.24 Å². The molecule has 0 aliphatic carbocycles. The molecule has 10 heavy (non-hydrogen) atoms. The van der Waals surface area contributed by atoms with Gasteiger partial charge in [-0.2, -0.15) is 0 Å². The molecule has 0 atom stereocenters. The average molecular weight is 206 g/mol. The Morgan fingerprint density at radius 2 is 1.60 bits per heavy atom. The van der Waals surface area contributed by atoms with E-state index in [0.29, 0.717) is 0 Å². The normalized spacial score (nSPS) is 8.60. The van der Waals surface area contributed by atoms with Crippen LogP contribution in [0.5, 0.6) is 0 Å². The molecule has 0 rings (SSSR count). The van der Waals surface area contributed by atoms with Crippen molar-refractivity contribution in [3.05, 3.63) is 25.3 Å². The Balaban J connectivity index is 0. The summed E-state index contributed by atoms with van der Waals surface area (Å²) in [6, 6.07) is 0. The van der Waals surface area contributed by atoms with Gasteiger partial charge in [0.25, 0.3) is 0 Å². The van der Waals surface area contributed by atoms with E-state index in [2.05, 4.69) is 25.0 Å². The fourth-order valence-electron chi connectivity index (χ4n) is 0.698. The summed E-state index contributed by atoms with van der Waals surface area (Å²) in [7, 11) is 0. The molecule has 0 spiro atoms. The molecule has 0 bridgehead atoms. The molecule has 0 aliphatic rings. The van der Waals surface area contributed by atoms with Gasteiger partial charge in [-0.3, -0.25) is 4.90 Å². The highest BCUT2D eigenvalue weighted by molar-refractivity contribution is 8.93. The second-order valence-electron chi connectivity index (χ2n) is 1.93. The first-order chi connectivity index (χ1) is 4.35. The van der Waals surface area contributed by atoms with Crippen LogP contribution in [-0.4, -0.2) is 24.5 Å². The van der Waals surface area contributed by atoms with Gasteiger partial charge in [0.1, 0.15) is 0 Å². The first kappa shape index (κ1) is 12.6. The lowest BCUT2D eigenvalue weighted by atomic mass is 10.4. The van der Waals surface area contributed by atoms with Gasteiger partial charge in [0.05, 0.1) is 0 Å². The van der Waals surface area contributed by atoms with Crippen LogP contribution in [0.2, 0.25) is 0 Å². The first-order valence-corrected chi connectivity index (χ1v) is 3.29. The molecule has 1 nitrogen and oxygen atoms in total. The van der Waals surface area contributed by atoms with Crippen molar-refractivity contribution < 1.29 is 0 Å². The molecule has 0 saturated heterocycles. The molecule has 0 aromatic heterocycles. The lowest BCUT2D eigenvalue weighted by Gasteiger charge is -2.14. The molecule has 0 aromatic carbocycles. The molecule has 0 heterocycles. The smallest absolute Gasteiger partial charge is 0.0163 e. The number of likely N-dealkylation sites (N-methyl/N-ethyl adjacent to an activating group) is 1. The Kier molecular flexibility index (Phi) is 11.2. The van der Waals surface area contributed by atoms with Gasteiger partial charge < -0.3 is 0 Å². The van der Waals surface area contributed by atoms with Crippen molar-refractivity contribution in [1.82, 2.24) is 4.90 Å². The number of rotatable bonds is 5. The van der Waals surface area contributed by atoms with Gasteiger partial charge in [0, 0.05) is 13.1 Å². The molecule has 0 aromatic rings. The van der Waals surface area contributed by atoms with Crippen molar-refractivity contribution >= 4 is 17.0 Å². The molecular formula is C8H16BrN. The predicted octanol–water partition coefficient (Wildman–Crippen LogP) is 2.26. The molecule has 0 aliphatic heterocycles. The summed E-state index contributed by atoms with van der Waals surface area (Å²) in [5, 5.41) is 0. The molecular weight excluding hydrogens is 190 g/mol. The van der Waals surface area contributed by atoms with Crippen molar-refractivity contribution in [2.24, 2.45) is 0 Å². The lowest BCUT2D eigenvalue weighted by Crippen LogP contribution is -2.22. The molecule has 0 saturated carbocycles. The zero-order valence-corrected chi connectivity index (χ0v) is 8.26. The van der Waals surface area contributed by atoms with Crippen LogP contribution in [0.25, 0.3) is 0 Å². The van der Waals surface area contributed by atoms with Gasteiger partial charge in [-0.1, -0.05) is 19.1 Å². The maximum Gasteiger partial charge on any atom is 0.0163 e. The highest BCUT2D eigenvalue weighted by Gasteiger charge is 1.92. The molecule has 0 unspecified atom stereocenters. The van der Waals surface area contributed by atoms with Crippen LogP contribution in [0.15, 0.2) is 25.3 Å². The highest BCUT2D eigenvalue weighted by atomic mass is 79.9. The van der Waals surface area contributed by atoms with Crippen LogP contribution >= 0.6 is 17.0 Å². The van der Waals surface area contributed by atoms with Crippen LogP contribution in [0.3, 0.4) is 0 Å². The van der Waals surface area contributed by atoms with Crippen LogP contribution in [0.4, 0.5) is 0 Å². The van der Waals surface area contributed by atoms with Gasteiger partial charge in [0.2, 0.25) is 0 Å². The van der Waals surface area contributed by atoms with E-state index >= 15 is 0 Å². The van der Waals surface area contributed by atoms with Gasteiger partial charge >= 0.3 is 0 Å². The summed E-state index contributed by atoms with van der Waals surface area (Å²) < 4.78 is 0. The van der Waals surface area contributed by atoms with Crippen molar-refractivity contribution in [3.63, 3.8) is 0 Å². The lowest BCUT2D eigenvalue weighted by molar-refractivity contribution is 0.355. The third-order valence-electron chi connectivity index (χ3n) is 1.22. The van der Waals surface area contributed by atoms with Crippen molar-refractivity contribution in [3.8, 4) is 0 Å². The summed E-state index contributed by atoms with van der Waals surface area (Å²) in [4.78, 5) is 2.25. The van der Waals surface area contributed by atoms with E-state index in [1.165, 1.54) is 0 Å². The summed E-state index contributed by atoms with van der Waals surface area (Å²) in [5.41, 5.74) is 0. The fourth-order valence-corrected chi connectivity index (χ4v) is 0.698. The average Bonchev–Trinajstić information content (AvgIpc) is 1.88. The largest absolute Gasteiger partial charge is 0.296 e. The predicted molar refractivity (Wildman–Crippen MR) is 52.8 cm³/mol. The van der Waals surface area contributed by atoms with Crippen molar-refractivity contribution in [2.75, 3.05) is 19.6 Å². The minimum atomic E-state index is 0. The second-order valence-corrected chi connectivity index (χ2v) is 1.93. The Hall–Kier alpha value is -0.0800. The van der Waals surface area contributed by atoms with Gasteiger partial charge in [-0.25, -0.2) is 0 Å². The van der Waals surface area contributed by atoms with E-state index in [9.17, 15) is 0 Å². The zero-order chi connectivity index (χ0) is 7.11. The number of hydrogen-bond acceptors (Lipinski definition) is 1. The van der Waals surface area contributed by atoms with Gasteiger partial charge in [-0.15, -0.1) is 30.1 Å². The Bertz CT molecular complexity index is 81.3. The molecule has 60 valence electrons.